The topological polar surface area (TPSA) is 41.6 Å². The van der Waals surface area contributed by atoms with Crippen molar-refractivity contribution in [2.45, 2.75) is 0 Å². The van der Waals surface area contributed by atoms with Gasteiger partial charge in [-0.05, 0) is 48.1 Å². The van der Waals surface area contributed by atoms with Gasteiger partial charge < -0.3 is 10.1 Å². The molecule has 0 saturated carbocycles. The van der Waals surface area contributed by atoms with Crippen molar-refractivity contribution in [3.8, 4) is 5.75 Å². The van der Waals surface area contributed by atoms with Crippen LogP contribution in [0.1, 0.15) is 5.56 Å². The van der Waals surface area contributed by atoms with Crippen LogP contribution in [0, 0.1) is 0 Å². The van der Waals surface area contributed by atoms with E-state index in [-0.39, 0.29) is 5.91 Å². The zero-order chi connectivity index (χ0) is 16.5. The molecule has 2 aromatic carbocycles. The van der Waals surface area contributed by atoms with Crippen LogP contribution in [0.3, 0.4) is 0 Å². The molecule has 2 aliphatic rings. The molecule has 2 heterocycles. The van der Waals surface area contributed by atoms with Gasteiger partial charge in [0.25, 0.3) is 5.91 Å². The molecule has 0 bridgehead atoms. The first kappa shape index (κ1) is 14.7. The van der Waals surface area contributed by atoms with Crippen molar-refractivity contribution < 1.29 is 9.53 Å². The van der Waals surface area contributed by atoms with Gasteiger partial charge in [0.05, 0.1) is 5.69 Å². The number of para-hydroxylation sites is 2. The summed E-state index contributed by atoms with van der Waals surface area (Å²) in [5.41, 5.74) is 3.13. The molecule has 1 fully saturated rings. The van der Waals surface area contributed by atoms with Crippen LogP contribution in [0.25, 0.3) is 6.08 Å². The van der Waals surface area contributed by atoms with Crippen molar-refractivity contribution in [3.05, 3.63) is 77.5 Å². The van der Waals surface area contributed by atoms with Gasteiger partial charge in [0.2, 0.25) is 0 Å². The smallest absolute Gasteiger partial charge is 0.281 e. The van der Waals surface area contributed by atoms with Crippen LogP contribution in [-0.2, 0) is 4.79 Å². The Balaban J connectivity index is 1.64. The zero-order valence-corrected chi connectivity index (χ0v) is 13.5. The van der Waals surface area contributed by atoms with E-state index in [0.717, 1.165) is 22.6 Å². The zero-order valence-electron chi connectivity index (χ0n) is 12.7. The Bertz CT molecular complexity index is 887. The Kier molecular flexibility index (Phi) is 3.63. The minimum absolute atomic E-state index is 0.161. The largest absolute Gasteiger partial charge is 0.488 e. The minimum atomic E-state index is -0.161. The number of hydrogen-bond donors (Lipinski definition) is 1. The van der Waals surface area contributed by atoms with Gasteiger partial charge in [-0.15, -0.1) is 0 Å². The van der Waals surface area contributed by atoms with Crippen LogP contribution in [0.4, 0.5) is 5.69 Å². The second-order valence-corrected chi connectivity index (χ2v) is 5.90. The number of anilines is 1. The fraction of sp³-hybridized carbons (Fsp3) is 0.0526. The van der Waals surface area contributed by atoms with Crippen molar-refractivity contribution in [3.63, 3.8) is 0 Å². The Morgan fingerprint density at radius 2 is 1.83 bits per heavy atom. The molecular formula is C19H14N2O2S. The van der Waals surface area contributed by atoms with E-state index in [9.17, 15) is 4.79 Å². The van der Waals surface area contributed by atoms with Gasteiger partial charge in [-0.3, -0.25) is 9.69 Å². The van der Waals surface area contributed by atoms with E-state index < -0.39 is 0 Å². The summed E-state index contributed by atoms with van der Waals surface area (Å²) < 4.78 is 5.72. The first-order valence-electron chi connectivity index (χ1n) is 7.57. The number of ether oxygens (including phenoxy) is 1. The monoisotopic (exact) mass is 334 g/mol. The molecule has 0 radical (unpaired) electrons. The van der Waals surface area contributed by atoms with E-state index in [1.807, 2.05) is 60.7 Å². The SMILES string of the molecule is O=C1C(=CC2=Cc3ccccc3OC2)NC(=S)N1c1ccccc1. The van der Waals surface area contributed by atoms with Crippen molar-refractivity contribution in [1.29, 1.82) is 0 Å². The number of thiocarbonyl (C=S) groups is 1. The summed E-state index contributed by atoms with van der Waals surface area (Å²) in [4.78, 5) is 14.2. The second-order valence-electron chi connectivity index (χ2n) is 5.51. The van der Waals surface area contributed by atoms with Crippen molar-refractivity contribution in [1.82, 2.24) is 5.32 Å². The number of benzene rings is 2. The second kappa shape index (κ2) is 5.94. The van der Waals surface area contributed by atoms with Gasteiger partial charge in [0.1, 0.15) is 18.1 Å². The molecule has 4 rings (SSSR count). The molecule has 0 aliphatic carbocycles. The number of carbonyl (C=O) groups is 1. The molecule has 0 aromatic heterocycles. The molecule has 4 nitrogen and oxygen atoms in total. The Morgan fingerprint density at radius 3 is 2.67 bits per heavy atom. The van der Waals surface area contributed by atoms with E-state index in [1.165, 1.54) is 4.90 Å². The molecular weight excluding hydrogens is 320 g/mol. The van der Waals surface area contributed by atoms with E-state index in [0.29, 0.717) is 17.4 Å². The lowest BCUT2D eigenvalue weighted by Gasteiger charge is -2.16. The highest BCUT2D eigenvalue weighted by atomic mass is 32.1. The summed E-state index contributed by atoms with van der Waals surface area (Å²) in [5.74, 6) is 0.692. The number of nitrogens with one attached hydrogen (secondary N) is 1. The molecule has 2 aliphatic heterocycles. The number of carbonyl (C=O) groups excluding carboxylic acids is 1. The van der Waals surface area contributed by atoms with Crippen molar-refractivity contribution in [2.75, 3.05) is 11.5 Å². The maximum Gasteiger partial charge on any atom is 0.281 e. The van der Waals surface area contributed by atoms with Gasteiger partial charge in [-0.1, -0.05) is 36.4 Å². The Hall–Kier alpha value is -2.92. The highest BCUT2D eigenvalue weighted by Gasteiger charge is 2.32. The first-order chi connectivity index (χ1) is 11.7. The lowest BCUT2D eigenvalue weighted by atomic mass is 10.1. The molecule has 5 heteroatoms. The molecule has 0 atom stereocenters. The molecule has 1 saturated heterocycles. The first-order valence-corrected chi connectivity index (χ1v) is 7.98. The maximum absolute atomic E-state index is 12.7. The summed E-state index contributed by atoms with van der Waals surface area (Å²) >= 11 is 5.31. The van der Waals surface area contributed by atoms with Crippen LogP contribution < -0.4 is 15.0 Å². The normalized spacial score (nSPS) is 18.1. The summed E-state index contributed by atoms with van der Waals surface area (Å²) in [6.45, 7) is 0.424. The molecule has 2 aromatic rings. The van der Waals surface area contributed by atoms with E-state index >= 15 is 0 Å². The van der Waals surface area contributed by atoms with Crippen molar-refractivity contribution >= 4 is 35.0 Å². The third-order valence-corrected chi connectivity index (χ3v) is 4.16. The molecule has 1 N–H and O–H groups in total. The van der Waals surface area contributed by atoms with Crippen LogP contribution in [0.15, 0.2) is 71.9 Å². The number of rotatable bonds is 2. The molecule has 0 spiro atoms. The third-order valence-electron chi connectivity index (χ3n) is 3.88. The predicted octanol–water partition coefficient (Wildman–Crippen LogP) is 3.27. The quantitative estimate of drug-likeness (QED) is 0.676. The average molecular weight is 334 g/mol. The lowest BCUT2D eigenvalue weighted by Crippen LogP contribution is -2.30. The summed E-state index contributed by atoms with van der Waals surface area (Å²) in [6.07, 6.45) is 3.82. The minimum Gasteiger partial charge on any atom is -0.488 e. The highest BCUT2D eigenvalue weighted by molar-refractivity contribution is 7.80. The number of nitrogens with zero attached hydrogens (tertiary/aromatic N) is 1. The van der Waals surface area contributed by atoms with E-state index in [1.54, 1.807) is 6.08 Å². The lowest BCUT2D eigenvalue weighted by molar-refractivity contribution is -0.113. The summed E-state index contributed by atoms with van der Waals surface area (Å²) in [5, 5.41) is 3.38. The molecule has 24 heavy (non-hydrogen) atoms. The Morgan fingerprint density at radius 1 is 1.08 bits per heavy atom. The third kappa shape index (κ3) is 2.59. The fourth-order valence-electron chi connectivity index (χ4n) is 2.75. The van der Waals surface area contributed by atoms with Crippen LogP contribution in [0.2, 0.25) is 0 Å². The number of amides is 1. The summed E-state index contributed by atoms with van der Waals surface area (Å²) in [7, 11) is 0. The maximum atomic E-state index is 12.7. The van der Waals surface area contributed by atoms with Crippen molar-refractivity contribution in [2.24, 2.45) is 0 Å². The summed E-state index contributed by atoms with van der Waals surface area (Å²) in [6, 6.07) is 17.2. The number of fused-ring (bicyclic) bond motifs is 1. The molecule has 0 unspecified atom stereocenters. The van der Waals surface area contributed by atoms with E-state index in [2.05, 4.69) is 5.32 Å². The number of hydrogen-bond acceptors (Lipinski definition) is 3. The Labute approximate surface area is 145 Å². The van der Waals surface area contributed by atoms with Crippen LogP contribution in [-0.4, -0.2) is 17.6 Å². The fourth-order valence-corrected chi connectivity index (χ4v) is 3.05. The molecule has 118 valence electrons. The molecule has 1 amide bonds. The van der Waals surface area contributed by atoms with E-state index in [4.69, 9.17) is 17.0 Å². The van der Waals surface area contributed by atoms with Gasteiger partial charge in [-0.25, -0.2) is 0 Å². The predicted molar refractivity (Wildman–Crippen MR) is 97.7 cm³/mol. The van der Waals surface area contributed by atoms with Gasteiger partial charge >= 0.3 is 0 Å². The van der Waals surface area contributed by atoms with Crippen LogP contribution >= 0.6 is 12.2 Å². The van der Waals surface area contributed by atoms with Crippen LogP contribution in [0.5, 0.6) is 5.75 Å². The van der Waals surface area contributed by atoms with Gasteiger partial charge in [0, 0.05) is 5.56 Å². The average Bonchev–Trinajstić information content (AvgIpc) is 2.89. The van der Waals surface area contributed by atoms with Gasteiger partial charge in [-0.2, -0.15) is 0 Å². The highest BCUT2D eigenvalue weighted by Crippen LogP contribution is 2.27. The van der Waals surface area contributed by atoms with Gasteiger partial charge in [0.15, 0.2) is 5.11 Å². The standard InChI is InChI=1S/C19H14N2O2S/c22-18-16(20-19(24)21(18)15-7-2-1-3-8-15)11-13-10-14-6-4-5-9-17(14)23-12-13/h1-11H,12H2,(H,20,24).